The number of halogens is 1. The lowest BCUT2D eigenvalue weighted by molar-refractivity contribution is 0.630. The lowest BCUT2D eigenvalue weighted by atomic mass is 10.0. The van der Waals surface area contributed by atoms with E-state index in [2.05, 4.69) is 53.6 Å². The summed E-state index contributed by atoms with van der Waals surface area (Å²) >= 11 is 5.74. The van der Waals surface area contributed by atoms with Crippen LogP contribution >= 0.6 is 11.6 Å². The Bertz CT molecular complexity index is 476. The number of tetrazole rings is 1. The van der Waals surface area contributed by atoms with Crippen molar-refractivity contribution in [3.8, 4) is 0 Å². The molecule has 17 heavy (non-hydrogen) atoms. The first-order valence-corrected chi connectivity index (χ1v) is 6.14. The van der Waals surface area contributed by atoms with Crippen LogP contribution in [-0.4, -0.2) is 20.2 Å². The fraction of sp³-hybridized carbons (Fsp3) is 0.417. The minimum atomic E-state index is 0.330. The molecule has 0 saturated carbocycles. The van der Waals surface area contributed by atoms with E-state index >= 15 is 0 Å². The van der Waals surface area contributed by atoms with Crippen molar-refractivity contribution in [1.29, 1.82) is 0 Å². The van der Waals surface area contributed by atoms with E-state index in [0.29, 0.717) is 24.2 Å². The summed E-state index contributed by atoms with van der Waals surface area (Å²) in [7, 11) is 0. The maximum Gasteiger partial charge on any atom is 0.166 e. The Morgan fingerprint density at radius 1 is 1.24 bits per heavy atom. The molecule has 1 heterocycles. The first-order chi connectivity index (χ1) is 8.20. The standard InChI is InChI=1S/C12H15ClN4/c1-9(2)11-5-3-10(4-6-11)8-17-12(7-13)14-15-16-17/h3-6,9H,7-8H2,1-2H3. The van der Waals surface area contributed by atoms with Gasteiger partial charge in [0.25, 0.3) is 0 Å². The SMILES string of the molecule is CC(C)c1ccc(Cn2nnnc2CCl)cc1. The summed E-state index contributed by atoms with van der Waals surface area (Å²) in [6.45, 7) is 5.03. The minimum Gasteiger partial charge on any atom is -0.224 e. The number of hydrogen-bond acceptors (Lipinski definition) is 3. The highest BCUT2D eigenvalue weighted by Gasteiger charge is 2.05. The number of hydrogen-bond donors (Lipinski definition) is 0. The van der Waals surface area contributed by atoms with Gasteiger partial charge in [-0.15, -0.1) is 16.7 Å². The van der Waals surface area contributed by atoms with Gasteiger partial charge in [-0.2, -0.15) is 0 Å². The summed E-state index contributed by atoms with van der Waals surface area (Å²) in [5.41, 5.74) is 2.51. The highest BCUT2D eigenvalue weighted by molar-refractivity contribution is 6.16. The second kappa shape index (κ2) is 5.27. The highest BCUT2D eigenvalue weighted by Crippen LogP contribution is 2.15. The Hall–Kier alpha value is -1.42. The fourth-order valence-corrected chi connectivity index (χ4v) is 1.81. The monoisotopic (exact) mass is 250 g/mol. The Balaban J connectivity index is 2.14. The Morgan fingerprint density at radius 2 is 1.94 bits per heavy atom. The van der Waals surface area contributed by atoms with Crippen LogP contribution in [0.1, 0.15) is 36.7 Å². The molecule has 0 spiro atoms. The molecule has 2 aromatic rings. The summed E-state index contributed by atoms with van der Waals surface area (Å²) in [6, 6.07) is 8.50. The lowest BCUT2D eigenvalue weighted by Crippen LogP contribution is -2.06. The Kier molecular flexibility index (Phi) is 3.74. The predicted octanol–water partition coefficient (Wildman–Crippen LogP) is 2.58. The van der Waals surface area contributed by atoms with Crippen molar-refractivity contribution in [1.82, 2.24) is 20.2 Å². The Labute approximate surface area is 106 Å². The second-order valence-corrected chi connectivity index (χ2v) is 4.55. The van der Waals surface area contributed by atoms with Gasteiger partial charge in [0.05, 0.1) is 12.4 Å². The molecule has 0 saturated heterocycles. The van der Waals surface area contributed by atoms with E-state index in [0.717, 1.165) is 0 Å². The van der Waals surface area contributed by atoms with Crippen molar-refractivity contribution in [3.63, 3.8) is 0 Å². The lowest BCUT2D eigenvalue weighted by Gasteiger charge is -2.07. The van der Waals surface area contributed by atoms with E-state index in [9.17, 15) is 0 Å². The van der Waals surface area contributed by atoms with Gasteiger partial charge < -0.3 is 0 Å². The summed E-state index contributed by atoms with van der Waals surface area (Å²) in [6.07, 6.45) is 0. The van der Waals surface area contributed by atoms with E-state index in [-0.39, 0.29) is 0 Å². The predicted molar refractivity (Wildman–Crippen MR) is 67.0 cm³/mol. The van der Waals surface area contributed by atoms with E-state index in [1.165, 1.54) is 11.1 Å². The van der Waals surface area contributed by atoms with Gasteiger partial charge in [-0.05, 0) is 27.5 Å². The van der Waals surface area contributed by atoms with Crippen LogP contribution in [0.5, 0.6) is 0 Å². The molecule has 0 amide bonds. The van der Waals surface area contributed by atoms with E-state index in [1.54, 1.807) is 4.68 Å². The van der Waals surface area contributed by atoms with Crippen LogP contribution in [0.4, 0.5) is 0 Å². The van der Waals surface area contributed by atoms with Gasteiger partial charge in [0.15, 0.2) is 5.82 Å². The molecule has 0 aliphatic carbocycles. The largest absolute Gasteiger partial charge is 0.224 e. The molecule has 0 bridgehead atoms. The van der Waals surface area contributed by atoms with Gasteiger partial charge >= 0.3 is 0 Å². The number of benzene rings is 1. The molecule has 2 rings (SSSR count). The molecule has 0 fully saturated rings. The third kappa shape index (κ3) is 2.82. The molecule has 0 radical (unpaired) electrons. The molecule has 0 aliphatic rings. The third-order valence-electron chi connectivity index (χ3n) is 2.70. The number of nitrogens with zero attached hydrogens (tertiary/aromatic N) is 4. The number of alkyl halides is 1. The minimum absolute atomic E-state index is 0.330. The van der Waals surface area contributed by atoms with E-state index < -0.39 is 0 Å². The summed E-state index contributed by atoms with van der Waals surface area (Å²) < 4.78 is 1.72. The molecule has 1 aromatic carbocycles. The highest BCUT2D eigenvalue weighted by atomic mass is 35.5. The third-order valence-corrected chi connectivity index (χ3v) is 2.94. The van der Waals surface area contributed by atoms with Crippen LogP contribution in [0, 0.1) is 0 Å². The smallest absolute Gasteiger partial charge is 0.166 e. The zero-order chi connectivity index (χ0) is 12.3. The quantitative estimate of drug-likeness (QED) is 0.784. The van der Waals surface area contributed by atoms with Crippen LogP contribution in [0.2, 0.25) is 0 Å². The van der Waals surface area contributed by atoms with Crippen molar-refractivity contribution in [2.75, 3.05) is 0 Å². The molecule has 4 nitrogen and oxygen atoms in total. The molecular formula is C12H15ClN4. The molecular weight excluding hydrogens is 236 g/mol. The van der Waals surface area contributed by atoms with Crippen molar-refractivity contribution in [3.05, 3.63) is 41.2 Å². The van der Waals surface area contributed by atoms with Gasteiger partial charge in [-0.1, -0.05) is 38.1 Å². The summed E-state index contributed by atoms with van der Waals surface area (Å²) in [4.78, 5) is 0. The zero-order valence-electron chi connectivity index (χ0n) is 9.97. The van der Waals surface area contributed by atoms with Crippen molar-refractivity contribution >= 4 is 11.6 Å². The van der Waals surface area contributed by atoms with E-state index in [4.69, 9.17) is 11.6 Å². The number of rotatable bonds is 4. The van der Waals surface area contributed by atoms with Crippen molar-refractivity contribution in [2.24, 2.45) is 0 Å². The van der Waals surface area contributed by atoms with Gasteiger partial charge in [0.2, 0.25) is 0 Å². The summed E-state index contributed by atoms with van der Waals surface area (Å²) in [5, 5.41) is 11.4. The van der Waals surface area contributed by atoms with Gasteiger partial charge in [0, 0.05) is 0 Å². The van der Waals surface area contributed by atoms with Gasteiger partial charge in [-0.3, -0.25) is 0 Å². The van der Waals surface area contributed by atoms with Crippen molar-refractivity contribution < 1.29 is 0 Å². The molecule has 0 unspecified atom stereocenters. The van der Waals surface area contributed by atoms with Crippen LogP contribution in [0.3, 0.4) is 0 Å². The van der Waals surface area contributed by atoms with Crippen LogP contribution < -0.4 is 0 Å². The normalized spacial score (nSPS) is 11.1. The first kappa shape index (κ1) is 12.0. The number of aromatic nitrogens is 4. The molecule has 0 N–H and O–H groups in total. The van der Waals surface area contributed by atoms with Crippen LogP contribution in [-0.2, 0) is 12.4 Å². The van der Waals surface area contributed by atoms with Crippen LogP contribution in [0.15, 0.2) is 24.3 Å². The first-order valence-electron chi connectivity index (χ1n) is 5.60. The molecule has 5 heteroatoms. The topological polar surface area (TPSA) is 43.6 Å². The van der Waals surface area contributed by atoms with E-state index in [1.807, 2.05) is 0 Å². The van der Waals surface area contributed by atoms with Gasteiger partial charge in [-0.25, -0.2) is 4.68 Å². The molecule has 0 atom stereocenters. The Morgan fingerprint density at radius 3 is 2.53 bits per heavy atom. The maximum absolute atomic E-state index is 5.74. The van der Waals surface area contributed by atoms with Crippen LogP contribution in [0.25, 0.3) is 0 Å². The molecule has 0 aliphatic heterocycles. The molecule has 90 valence electrons. The fourth-order valence-electron chi connectivity index (χ4n) is 1.62. The molecule has 1 aromatic heterocycles. The van der Waals surface area contributed by atoms with Gasteiger partial charge in [0.1, 0.15) is 0 Å². The van der Waals surface area contributed by atoms with Crippen molar-refractivity contribution in [2.45, 2.75) is 32.2 Å². The zero-order valence-corrected chi connectivity index (χ0v) is 10.7. The second-order valence-electron chi connectivity index (χ2n) is 4.28. The average molecular weight is 251 g/mol. The maximum atomic E-state index is 5.74. The average Bonchev–Trinajstić information content (AvgIpc) is 2.77. The summed E-state index contributed by atoms with van der Waals surface area (Å²) in [5.74, 6) is 1.58.